The van der Waals surface area contributed by atoms with E-state index in [4.69, 9.17) is 21.3 Å². The lowest BCUT2D eigenvalue weighted by Crippen LogP contribution is -2.48. The average molecular weight is 487 g/mol. The zero-order valence-corrected chi connectivity index (χ0v) is 21.0. The van der Waals surface area contributed by atoms with E-state index in [2.05, 4.69) is 13.8 Å². The molecule has 0 aliphatic heterocycles. The molecule has 0 radical (unpaired) electrons. The Morgan fingerprint density at radius 2 is 1.82 bits per heavy atom. The number of halogens is 1. The number of fused-ring (bicyclic) bond motifs is 1. The second-order valence-electron chi connectivity index (χ2n) is 7.96. The number of Topliss-reactive ketones (excluding diaryl/α,β-unsaturated/α-hetero) is 1. The maximum absolute atomic E-state index is 14.1. The summed E-state index contributed by atoms with van der Waals surface area (Å²) < 4.78 is 5.38. The van der Waals surface area contributed by atoms with Crippen molar-refractivity contribution in [3.05, 3.63) is 52.4 Å². The molecule has 1 aromatic carbocycles. The lowest BCUT2D eigenvalue weighted by molar-refractivity contribution is -0.147. The van der Waals surface area contributed by atoms with E-state index in [0.717, 1.165) is 30.6 Å². The van der Waals surface area contributed by atoms with Crippen LogP contribution in [0.4, 0.5) is 0 Å². The summed E-state index contributed by atoms with van der Waals surface area (Å²) in [6, 6.07) is 10.0. The van der Waals surface area contributed by atoms with E-state index in [1.807, 2.05) is 28.5 Å². The van der Waals surface area contributed by atoms with Crippen molar-refractivity contribution >= 4 is 45.6 Å². The van der Waals surface area contributed by atoms with Gasteiger partial charge in [-0.25, -0.2) is 9.78 Å². The number of carbonyl (C=O) groups excluding carboxylic acids is 2. The summed E-state index contributed by atoms with van der Waals surface area (Å²) in [5, 5.41) is 3.14. The summed E-state index contributed by atoms with van der Waals surface area (Å²) in [7, 11) is 0. The molecule has 2 heterocycles. The molecule has 33 heavy (non-hydrogen) atoms. The summed E-state index contributed by atoms with van der Waals surface area (Å²) in [6.45, 7) is 7.51. The molecule has 1 atom stereocenters. The fourth-order valence-electron chi connectivity index (χ4n) is 3.84. The summed E-state index contributed by atoms with van der Waals surface area (Å²) in [6.07, 6.45) is 3.75. The summed E-state index contributed by atoms with van der Waals surface area (Å²) in [4.78, 5) is 34.9. The smallest absolute Gasteiger partial charge is 0.331 e. The molecule has 176 valence electrons. The Labute approximate surface area is 204 Å². The molecular formula is C26H31ClN2O3S. The Kier molecular flexibility index (Phi) is 9.41. The van der Waals surface area contributed by atoms with Crippen molar-refractivity contribution in [2.75, 3.05) is 19.7 Å². The minimum absolute atomic E-state index is 0.224. The fourth-order valence-corrected chi connectivity index (χ4v) is 4.69. The molecule has 0 saturated heterocycles. The third-order valence-electron chi connectivity index (χ3n) is 5.53. The predicted molar refractivity (Wildman–Crippen MR) is 136 cm³/mol. The molecule has 0 N–H and O–H groups in total. The topological polar surface area (TPSA) is 59.5 Å². The van der Waals surface area contributed by atoms with E-state index in [-0.39, 0.29) is 12.4 Å². The van der Waals surface area contributed by atoms with Crippen LogP contribution in [-0.2, 0) is 9.53 Å². The first-order chi connectivity index (χ1) is 16.0. The van der Waals surface area contributed by atoms with Crippen LogP contribution in [-0.4, -0.2) is 47.4 Å². The molecule has 5 nitrogen and oxygen atoms in total. The van der Waals surface area contributed by atoms with Crippen LogP contribution >= 0.6 is 22.9 Å². The van der Waals surface area contributed by atoms with Gasteiger partial charge in [0.05, 0.1) is 22.7 Å². The van der Waals surface area contributed by atoms with E-state index in [1.165, 1.54) is 0 Å². The third kappa shape index (κ3) is 6.19. The molecule has 0 aliphatic carbocycles. The van der Waals surface area contributed by atoms with Gasteiger partial charge in [-0.3, -0.25) is 9.69 Å². The molecule has 0 saturated carbocycles. The van der Waals surface area contributed by atoms with Gasteiger partial charge in [-0.1, -0.05) is 44.4 Å². The standard InChI is InChI=1S/C26H31ClN2O3S/c1-4-7-13-29(14-8-5-2)24(26(31)32-6-3)25(30)20-17-22(23-10-9-15-33-23)28-21-12-11-18(27)16-19(20)21/h9-12,15-17,24H,4-8,13-14H2,1-3H3. The number of esters is 1. The van der Waals surface area contributed by atoms with Crippen molar-refractivity contribution in [2.24, 2.45) is 0 Å². The molecule has 0 spiro atoms. The van der Waals surface area contributed by atoms with Crippen LogP contribution in [0, 0.1) is 0 Å². The first-order valence-corrected chi connectivity index (χ1v) is 12.8. The van der Waals surface area contributed by atoms with Gasteiger partial charge in [0.2, 0.25) is 0 Å². The highest BCUT2D eigenvalue weighted by Gasteiger charge is 2.35. The van der Waals surface area contributed by atoms with Gasteiger partial charge in [0.1, 0.15) is 0 Å². The molecule has 1 unspecified atom stereocenters. The van der Waals surface area contributed by atoms with Gasteiger partial charge in [0, 0.05) is 16.0 Å². The third-order valence-corrected chi connectivity index (χ3v) is 6.66. The number of unbranched alkanes of at least 4 members (excludes halogenated alkanes) is 2. The van der Waals surface area contributed by atoms with Gasteiger partial charge in [0.25, 0.3) is 0 Å². The predicted octanol–water partition coefficient (Wildman–Crippen LogP) is 6.63. The zero-order chi connectivity index (χ0) is 23.8. The summed E-state index contributed by atoms with van der Waals surface area (Å²) in [5.41, 5.74) is 1.83. The highest BCUT2D eigenvalue weighted by molar-refractivity contribution is 7.13. The number of aromatic nitrogens is 1. The van der Waals surface area contributed by atoms with Gasteiger partial charge in [-0.2, -0.15) is 0 Å². The van der Waals surface area contributed by atoms with Gasteiger partial charge in [0.15, 0.2) is 11.8 Å². The number of nitrogens with zero attached hydrogens (tertiary/aromatic N) is 2. The second-order valence-corrected chi connectivity index (χ2v) is 9.34. The normalized spacial score (nSPS) is 12.3. The quantitative estimate of drug-likeness (QED) is 0.163. The van der Waals surface area contributed by atoms with Crippen LogP contribution in [0.2, 0.25) is 5.02 Å². The first-order valence-electron chi connectivity index (χ1n) is 11.6. The molecule has 7 heteroatoms. The van der Waals surface area contributed by atoms with Crippen LogP contribution in [0.1, 0.15) is 56.8 Å². The number of hydrogen-bond donors (Lipinski definition) is 0. The van der Waals surface area contributed by atoms with Crippen molar-refractivity contribution in [3.63, 3.8) is 0 Å². The molecule has 0 bridgehead atoms. The molecule has 2 aromatic heterocycles. The second kappa shape index (κ2) is 12.3. The molecule has 0 amide bonds. The van der Waals surface area contributed by atoms with Crippen LogP contribution in [0.25, 0.3) is 21.5 Å². The van der Waals surface area contributed by atoms with Crippen LogP contribution in [0.5, 0.6) is 0 Å². The number of benzene rings is 1. The largest absolute Gasteiger partial charge is 0.464 e. The Bertz CT molecular complexity index is 1080. The number of hydrogen-bond acceptors (Lipinski definition) is 6. The van der Waals surface area contributed by atoms with Crippen LogP contribution in [0.15, 0.2) is 41.8 Å². The van der Waals surface area contributed by atoms with Gasteiger partial charge in [-0.05, 0) is 68.6 Å². The van der Waals surface area contributed by atoms with Crippen molar-refractivity contribution < 1.29 is 14.3 Å². The molecule has 0 aliphatic rings. The Hall–Kier alpha value is -2.28. The maximum atomic E-state index is 14.1. The van der Waals surface area contributed by atoms with Gasteiger partial charge >= 0.3 is 5.97 Å². The average Bonchev–Trinajstić information content (AvgIpc) is 3.35. The number of thiophene rings is 1. The SMILES string of the molecule is CCCCN(CCCC)C(C(=O)OCC)C(=O)c1cc(-c2cccs2)nc2ccc(Cl)cc12. The molecular weight excluding hydrogens is 456 g/mol. The Morgan fingerprint density at radius 1 is 1.09 bits per heavy atom. The van der Waals surface area contributed by atoms with E-state index >= 15 is 0 Å². The Balaban J connectivity index is 2.15. The molecule has 3 aromatic rings. The minimum Gasteiger partial charge on any atom is -0.464 e. The summed E-state index contributed by atoms with van der Waals surface area (Å²) >= 11 is 7.84. The molecule has 0 fully saturated rings. The Morgan fingerprint density at radius 3 is 2.42 bits per heavy atom. The number of carbonyl (C=O) groups is 2. The monoisotopic (exact) mass is 486 g/mol. The minimum atomic E-state index is -0.996. The van der Waals surface area contributed by atoms with E-state index in [1.54, 1.807) is 36.5 Å². The zero-order valence-electron chi connectivity index (χ0n) is 19.5. The number of ether oxygens (including phenoxy) is 1. The molecule has 3 rings (SSSR count). The van der Waals surface area contributed by atoms with Crippen molar-refractivity contribution in [1.29, 1.82) is 0 Å². The lowest BCUT2D eigenvalue weighted by atomic mass is 9.97. The van der Waals surface area contributed by atoms with Crippen molar-refractivity contribution in [3.8, 4) is 10.6 Å². The van der Waals surface area contributed by atoms with Crippen LogP contribution in [0.3, 0.4) is 0 Å². The maximum Gasteiger partial charge on any atom is 0.331 e. The highest BCUT2D eigenvalue weighted by atomic mass is 35.5. The number of pyridine rings is 1. The van der Waals surface area contributed by atoms with Gasteiger partial charge < -0.3 is 4.74 Å². The fraction of sp³-hybridized carbons (Fsp3) is 0.423. The van der Waals surface area contributed by atoms with Crippen LogP contribution < -0.4 is 0 Å². The van der Waals surface area contributed by atoms with E-state index in [9.17, 15) is 9.59 Å². The first kappa shape index (κ1) is 25.3. The van der Waals surface area contributed by atoms with Crippen molar-refractivity contribution in [2.45, 2.75) is 52.5 Å². The van der Waals surface area contributed by atoms with Crippen molar-refractivity contribution in [1.82, 2.24) is 9.88 Å². The van der Waals surface area contributed by atoms with E-state index < -0.39 is 12.0 Å². The number of rotatable bonds is 12. The highest BCUT2D eigenvalue weighted by Crippen LogP contribution is 2.30. The lowest BCUT2D eigenvalue weighted by Gasteiger charge is -2.29. The van der Waals surface area contributed by atoms with E-state index in [0.29, 0.717) is 40.3 Å². The summed E-state index contributed by atoms with van der Waals surface area (Å²) in [5.74, 6) is -0.771. The number of ketones is 1. The van der Waals surface area contributed by atoms with Gasteiger partial charge in [-0.15, -0.1) is 11.3 Å².